The van der Waals surface area contributed by atoms with E-state index in [1.807, 2.05) is 4.72 Å². The van der Waals surface area contributed by atoms with Gasteiger partial charge in [0, 0.05) is 6.54 Å². The van der Waals surface area contributed by atoms with Gasteiger partial charge in [-0.3, -0.25) is 0 Å². The summed E-state index contributed by atoms with van der Waals surface area (Å²) < 4.78 is 51.2. The molecule has 0 aromatic heterocycles. The molecule has 0 aliphatic heterocycles. The number of carbonyl (C=O) groups is 1. The zero-order chi connectivity index (χ0) is 14.6. The molecule has 6 nitrogen and oxygen atoms in total. The van der Waals surface area contributed by atoms with E-state index in [9.17, 15) is 22.0 Å². The molecule has 0 saturated heterocycles. The van der Waals surface area contributed by atoms with Gasteiger partial charge in [0.15, 0.2) is 6.10 Å². The summed E-state index contributed by atoms with van der Waals surface area (Å²) in [4.78, 5) is 9.41. The minimum Gasteiger partial charge on any atom is -0.479 e. The lowest BCUT2D eigenvalue weighted by molar-refractivity contribution is -0.146. The fourth-order valence-corrected chi connectivity index (χ4v) is 2.35. The third-order valence-corrected chi connectivity index (χ3v) is 3.65. The topological polar surface area (TPSA) is 104 Å². The maximum Gasteiger partial charge on any atom is 0.332 e. The average Bonchev–Trinajstić information content (AvgIpc) is 2.31. The minimum absolute atomic E-state index is 0.397. The van der Waals surface area contributed by atoms with Gasteiger partial charge in [-0.25, -0.2) is 26.7 Å². The summed E-state index contributed by atoms with van der Waals surface area (Å²) >= 11 is 0. The highest BCUT2D eigenvalue weighted by atomic mass is 32.2. The molecule has 1 rings (SSSR count). The van der Waals surface area contributed by atoms with Crippen LogP contribution < -0.4 is 4.72 Å². The van der Waals surface area contributed by atoms with Crippen LogP contribution in [0.15, 0.2) is 23.1 Å². The van der Waals surface area contributed by atoms with Crippen molar-refractivity contribution in [2.75, 3.05) is 6.54 Å². The van der Waals surface area contributed by atoms with E-state index in [4.69, 9.17) is 10.2 Å². The molecule has 0 amide bonds. The van der Waals surface area contributed by atoms with Gasteiger partial charge in [-0.2, -0.15) is 0 Å². The van der Waals surface area contributed by atoms with Gasteiger partial charge in [0.1, 0.15) is 16.5 Å². The number of hydrogen-bond donors (Lipinski definition) is 3. The summed E-state index contributed by atoms with van der Waals surface area (Å²) in [5.41, 5.74) is 0. The van der Waals surface area contributed by atoms with Crippen LogP contribution in [0.1, 0.15) is 6.42 Å². The van der Waals surface area contributed by atoms with E-state index in [-0.39, 0.29) is 0 Å². The molecule has 1 aromatic carbocycles. The van der Waals surface area contributed by atoms with Gasteiger partial charge in [0.25, 0.3) is 0 Å². The van der Waals surface area contributed by atoms with Gasteiger partial charge in [-0.05, 0) is 24.6 Å². The van der Waals surface area contributed by atoms with Crippen molar-refractivity contribution >= 4 is 16.0 Å². The standard InChI is InChI=1S/C10H11F2NO5S/c11-6-1-2-7(12)9(5-6)19(17,18)13-4-3-8(14)10(15)16/h1-2,5,8,13-14H,3-4H2,(H,15,16)/t8-/m0/s1. The highest BCUT2D eigenvalue weighted by Gasteiger charge is 2.21. The van der Waals surface area contributed by atoms with E-state index in [1.165, 1.54) is 0 Å². The number of benzene rings is 1. The third kappa shape index (κ3) is 4.23. The van der Waals surface area contributed by atoms with Crippen molar-refractivity contribution in [1.82, 2.24) is 4.72 Å². The molecule has 9 heteroatoms. The van der Waals surface area contributed by atoms with Gasteiger partial charge < -0.3 is 10.2 Å². The van der Waals surface area contributed by atoms with Gasteiger partial charge in [0.05, 0.1) is 0 Å². The molecule has 106 valence electrons. The van der Waals surface area contributed by atoms with Crippen LogP contribution in [0.5, 0.6) is 0 Å². The number of aliphatic carboxylic acids is 1. The lowest BCUT2D eigenvalue weighted by atomic mass is 10.3. The second-order valence-corrected chi connectivity index (χ2v) is 5.35. The smallest absolute Gasteiger partial charge is 0.332 e. The summed E-state index contributed by atoms with van der Waals surface area (Å²) in [5, 5.41) is 17.3. The van der Waals surface area contributed by atoms with Crippen LogP contribution in [0.2, 0.25) is 0 Å². The Balaban J connectivity index is 2.76. The van der Waals surface area contributed by atoms with Crippen molar-refractivity contribution in [3.63, 3.8) is 0 Å². The predicted octanol–water partition coefficient (Wildman–Crippen LogP) is 0.0787. The molecule has 0 spiro atoms. The summed E-state index contributed by atoms with van der Waals surface area (Å²) in [7, 11) is -4.30. The largest absolute Gasteiger partial charge is 0.479 e. The van der Waals surface area contributed by atoms with Gasteiger partial charge in [-0.1, -0.05) is 0 Å². The molecule has 19 heavy (non-hydrogen) atoms. The number of nitrogens with one attached hydrogen (secondary N) is 1. The van der Waals surface area contributed by atoms with Crippen LogP contribution >= 0.6 is 0 Å². The average molecular weight is 295 g/mol. The summed E-state index contributed by atoms with van der Waals surface area (Å²) in [6, 6.07) is 1.93. The molecule has 0 aliphatic rings. The molecule has 0 unspecified atom stereocenters. The van der Waals surface area contributed by atoms with Crippen molar-refractivity contribution < 1.29 is 32.2 Å². The maximum absolute atomic E-state index is 13.3. The Bertz CT molecular complexity index is 575. The fraction of sp³-hybridized carbons (Fsp3) is 0.300. The highest BCUT2D eigenvalue weighted by Crippen LogP contribution is 2.15. The first kappa shape index (κ1) is 15.5. The number of hydrogen-bond acceptors (Lipinski definition) is 4. The molecule has 0 aliphatic carbocycles. The Kier molecular flexibility index (Phi) is 4.92. The van der Waals surface area contributed by atoms with E-state index in [0.29, 0.717) is 12.1 Å². The van der Waals surface area contributed by atoms with Crippen LogP contribution in [0.4, 0.5) is 8.78 Å². The fourth-order valence-electron chi connectivity index (χ4n) is 1.21. The zero-order valence-electron chi connectivity index (χ0n) is 9.51. The van der Waals surface area contributed by atoms with E-state index in [0.717, 1.165) is 6.07 Å². The number of carboxylic acid groups (broad SMARTS) is 1. The Morgan fingerprint density at radius 2 is 2.00 bits per heavy atom. The Morgan fingerprint density at radius 3 is 2.58 bits per heavy atom. The quantitative estimate of drug-likeness (QED) is 0.689. The second kappa shape index (κ2) is 6.04. The summed E-state index contributed by atoms with van der Waals surface area (Å²) in [5.74, 6) is -3.56. The molecule has 1 aromatic rings. The van der Waals surface area contributed by atoms with Gasteiger partial charge in [-0.15, -0.1) is 0 Å². The molecule has 3 N–H and O–H groups in total. The number of halogens is 2. The van der Waals surface area contributed by atoms with Crippen molar-refractivity contribution in [3.8, 4) is 0 Å². The second-order valence-electron chi connectivity index (χ2n) is 3.62. The lowest BCUT2D eigenvalue weighted by Crippen LogP contribution is -2.30. The monoisotopic (exact) mass is 295 g/mol. The van der Waals surface area contributed by atoms with E-state index < -0.39 is 51.6 Å². The normalized spacial score (nSPS) is 13.2. The number of aliphatic hydroxyl groups is 1. The van der Waals surface area contributed by atoms with E-state index in [2.05, 4.69) is 0 Å². The predicted molar refractivity (Wildman–Crippen MR) is 59.8 cm³/mol. The molecule has 1 atom stereocenters. The SMILES string of the molecule is O=C(O)[C@@H](O)CCNS(=O)(=O)c1cc(F)ccc1F. The Hall–Kier alpha value is -1.58. The van der Waals surface area contributed by atoms with Crippen LogP contribution in [-0.4, -0.2) is 37.2 Å². The first-order chi connectivity index (χ1) is 8.74. The number of aliphatic hydroxyl groups excluding tert-OH is 1. The van der Waals surface area contributed by atoms with E-state index in [1.54, 1.807) is 0 Å². The van der Waals surface area contributed by atoms with Crippen LogP contribution in [0.25, 0.3) is 0 Å². The van der Waals surface area contributed by atoms with E-state index >= 15 is 0 Å². The number of sulfonamides is 1. The Morgan fingerprint density at radius 1 is 1.37 bits per heavy atom. The van der Waals surface area contributed by atoms with Crippen molar-refractivity contribution in [1.29, 1.82) is 0 Å². The van der Waals surface area contributed by atoms with Crippen molar-refractivity contribution in [2.24, 2.45) is 0 Å². The minimum atomic E-state index is -4.30. The van der Waals surface area contributed by atoms with Gasteiger partial charge in [0.2, 0.25) is 10.0 Å². The summed E-state index contributed by atoms with van der Waals surface area (Å²) in [6.07, 6.45) is -2.13. The lowest BCUT2D eigenvalue weighted by Gasteiger charge is -2.09. The molecule has 0 saturated carbocycles. The zero-order valence-corrected chi connectivity index (χ0v) is 10.3. The molecule has 0 radical (unpaired) electrons. The molecule has 0 heterocycles. The highest BCUT2D eigenvalue weighted by molar-refractivity contribution is 7.89. The maximum atomic E-state index is 13.3. The van der Waals surface area contributed by atoms with Crippen LogP contribution in [0, 0.1) is 11.6 Å². The first-order valence-corrected chi connectivity index (χ1v) is 6.58. The van der Waals surface area contributed by atoms with Crippen molar-refractivity contribution in [3.05, 3.63) is 29.8 Å². The number of rotatable bonds is 6. The summed E-state index contributed by atoms with van der Waals surface area (Å²) in [6.45, 7) is -0.425. The number of carboxylic acids is 1. The van der Waals surface area contributed by atoms with Crippen LogP contribution in [0.3, 0.4) is 0 Å². The Labute approximate surface area is 107 Å². The van der Waals surface area contributed by atoms with Crippen LogP contribution in [-0.2, 0) is 14.8 Å². The molecular formula is C10H11F2NO5S. The molecule has 0 fully saturated rings. The third-order valence-electron chi connectivity index (χ3n) is 2.18. The van der Waals surface area contributed by atoms with Crippen molar-refractivity contribution in [2.45, 2.75) is 17.4 Å². The van der Waals surface area contributed by atoms with Gasteiger partial charge >= 0.3 is 5.97 Å². The molecule has 0 bridgehead atoms. The first-order valence-electron chi connectivity index (χ1n) is 5.09. The molecular weight excluding hydrogens is 284 g/mol.